The van der Waals surface area contributed by atoms with Gasteiger partial charge < -0.3 is 9.64 Å². The highest BCUT2D eigenvalue weighted by Gasteiger charge is 2.23. The van der Waals surface area contributed by atoms with Gasteiger partial charge in [0.1, 0.15) is 5.82 Å². The number of amides is 1. The third kappa shape index (κ3) is 5.36. The first kappa shape index (κ1) is 17.5. The molecule has 0 saturated carbocycles. The first-order valence-corrected chi connectivity index (χ1v) is 8.74. The maximum absolute atomic E-state index is 13.3. The van der Waals surface area contributed by atoms with Gasteiger partial charge in [0.2, 0.25) is 5.91 Å². The Labute approximate surface area is 147 Å². The number of halogens is 1. The van der Waals surface area contributed by atoms with Crippen molar-refractivity contribution in [2.45, 2.75) is 38.3 Å². The van der Waals surface area contributed by atoms with Crippen LogP contribution >= 0.6 is 0 Å². The van der Waals surface area contributed by atoms with Crippen LogP contribution in [0.2, 0.25) is 0 Å². The van der Waals surface area contributed by atoms with E-state index in [9.17, 15) is 9.18 Å². The molecular formula is C20H23FN2O2. The van der Waals surface area contributed by atoms with Crippen molar-refractivity contribution in [2.24, 2.45) is 0 Å². The normalized spacial score (nSPS) is 16.8. The van der Waals surface area contributed by atoms with Crippen LogP contribution in [0.4, 0.5) is 4.39 Å². The predicted octanol–water partition coefficient (Wildman–Crippen LogP) is 3.36. The first-order valence-electron chi connectivity index (χ1n) is 8.74. The topological polar surface area (TPSA) is 42.4 Å². The van der Waals surface area contributed by atoms with E-state index in [1.807, 2.05) is 29.2 Å². The van der Waals surface area contributed by atoms with Gasteiger partial charge in [-0.15, -0.1) is 0 Å². The van der Waals surface area contributed by atoms with E-state index in [4.69, 9.17) is 4.74 Å². The summed E-state index contributed by atoms with van der Waals surface area (Å²) in [6, 6.07) is 12.1. The molecule has 5 heteroatoms. The second-order valence-electron chi connectivity index (χ2n) is 6.36. The van der Waals surface area contributed by atoms with E-state index >= 15 is 0 Å². The van der Waals surface area contributed by atoms with Crippen molar-refractivity contribution in [3.05, 3.63) is 65.7 Å². The fourth-order valence-corrected chi connectivity index (χ4v) is 3.08. The molecule has 0 bridgehead atoms. The van der Waals surface area contributed by atoms with Crippen molar-refractivity contribution < 1.29 is 13.9 Å². The molecule has 0 N–H and O–H groups in total. The van der Waals surface area contributed by atoms with Crippen molar-refractivity contribution >= 4 is 5.91 Å². The largest absolute Gasteiger partial charge is 0.376 e. The highest BCUT2D eigenvalue weighted by atomic mass is 19.1. The lowest BCUT2D eigenvalue weighted by molar-refractivity contribution is -0.133. The Morgan fingerprint density at radius 3 is 2.92 bits per heavy atom. The van der Waals surface area contributed by atoms with Crippen LogP contribution in [0, 0.1) is 5.82 Å². The molecule has 1 aliphatic rings. The zero-order chi connectivity index (χ0) is 17.5. The number of pyridine rings is 1. The molecule has 1 aromatic heterocycles. The molecule has 4 nitrogen and oxygen atoms in total. The molecule has 1 aliphatic heterocycles. The Kier molecular flexibility index (Phi) is 6.12. The Balaban J connectivity index is 1.63. The van der Waals surface area contributed by atoms with Gasteiger partial charge in [-0.1, -0.05) is 18.2 Å². The van der Waals surface area contributed by atoms with Crippen molar-refractivity contribution in [3.8, 4) is 0 Å². The summed E-state index contributed by atoms with van der Waals surface area (Å²) < 4.78 is 19.0. The van der Waals surface area contributed by atoms with Crippen LogP contribution < -0.4 is 0 Å². The van der Waals surface area contributed by atoms with E-state index in [1.165, 1.54) is 12.1 Å². The summed E-state index contributed by atoms with van der Waals surface area (Å²) in [5.74, 6) is -0.222. The van der Waals surface area contributed by atoms with E-state index in [0.717, 1.165) is 30.7 Å². The van der Waals surface area contributed by atoms with Gasteiger partial charge >= 0.3 is 0 Å². The molecule has 25 heavy (non-hydrogen) atoms. The van der Waals surface area contributed by atoms with E-state index in [-0.39, 0.29) is 17.8 Å². The van der Waals surface area contributed by atoms with Crippen molar-refractivity contribution in [1.29, 1.82) is 0 Å². The van der Waals surface area contributed by atoms with Gasteiger partial charge in [-0.25, -0.2) is 4.39 Å². The molecule has 0 spiro atoms. The SMILES string of the molecule is O=C(CCc1cccc(F)c1)N(Cc1ccccn1)C[C@H]1CCCO1. The molecule has 1 aromatic carbocycles. The van der Waals surface area contributed by atoms with Crippen molar-refractivity contribution in [3.63, 3.8) is 0 Å². The van der Waals surface area contributed by atoms with Gasteiger partial charge in [-0.2, -0.15) is 0 Å². The number of nitrogens with zero attached hydrogens (tertiary/aromatic N) is 2. The highest BCUT2D eigenvalue weighted by molar-refractivity contribution is 5.76. The number of hydrogen-bond donors (Lipinski definition) is 0. The van der Waals surface area contributed by atoms with Crippen molar-refractivity contribution in [2.75, 3.05) is 13.2 Å². The summed E-state index contributed by atoms with van der Waals surface area (Å²) >= 11 is 0. The lowest BCUT2D eigenvalue weighted by Gasteiger charge is -2.25. The molecule has 0 aliphatic carbocycles. The van der Waals surface area contributed by atoms with Crippen molar-refractivity contribution in [1.82, 2.24) is 9.88 Å². The zero-order valence-corrected chi connectivity index (χ0v) is 14.2. The maximum Gasteiger partial charge on any atom is 0.223 e. The monoisotopic (exact) mass is 342 g/mol. The lowest BCUT2D eigenvalue weighted by Crippen LogP contribution is -2.37. The van der Waals surface area contributed by atoms with Gasteiger partial charge in [-0.05, 0) is 49.1 Å². The van der Waals surface area contributed by atoms with Gasteiger partial charge in [-0.3, -0.25) is 9.78 Å². The molecule has 3 rings (SSSR count). The number of aryl methyl sites for hydroxylation is 1. The zero-order valence-electron chi connectivity index (χ0n) is 14.2. The summed E-state index contributed by atoms with van der Waals surface area (Å²) in [7, 11) is 0. The molecule has 1 amide bonds. The first-order chi connectivity index (χ1) is 12.2. The van der Waals surface area contributed by atoms with Crippen LogP contribution in [0.25, 0.3) is 0 Å². The van der Waals surface area contributed by atoms with E-state index in [0.29, 0.717) is 25.9 Å². The molecule has 1 fully saturated rings. The number of ether oxygens (including phenoxy) is 1. The van der Waals surface area contributed by atoms with Crippen LogP contribution in [0.3, 0.4) is 0 Å². The second kappa shape index (κ2) is 8.72. The Morgan fingerprint density at radius 1 is 1.28 bits per heavy atom. The number of rotatable bonds is 7. The Hall–Kier alpha value is -2.27. The minimum Gasteiger partial charge on any atom is -0.376 e. The van der Waals surface area contributed by atoms with E-state index < -0.39 is 0 Å². The minimum atomic E-state index is -0.269. The Bertz CT molecular complexity index is 687. The average Bonchev–Trinajstić information content (AvgIpc) is 3.13. The molecule has 0 unspecified atom stereocenters. The quantitative estimate of drug-likeness (QED) is 0.775. The summed E-state index contributed by atoms with van der Waals surface area (Å²) in [4.78, 5) is 18.9. The molecular weight excluding hydrogens is 319 g/mol. The number of aromatic nitrogens is 1. The van der Waals surface area contributed by atoms with Gasteiger partial charge in [0.05, 0.1) is 18.3 Å². The standard InChI is InChI=1S/C20H23FN2O2/c21-17-6-3-5-16(13-17)9-10-20(24)23(15-19-8-4-12-25-19)14-18-7-1-2-11-22-18/h1-3,5-7,11,13,19H,4,8-10,12,14-15H2/t19-/m1/s1. The summed E-state index contributed by atoms with van der Waals surface area (Å²) in [5, 5.41) is 0. The third-order valence-electron chi connectivity index (χ3n) is 4.40. The number of benzene rings is 1. The van der Waals surface area contributed by atoms with Crippen LogP contribution in [0.1, 0.15) is 30.5 Å². The third-order valence-corrected chi connectivity index (χ3v) is 4.40. The number of carbonyl (C=O) groups excluding carboxylic acids is 1. The molecule has 2 aromatic rings. The smallest absolute Gasteiger partial charge is 0.223 e. The number of hydrogen-bond acceptors (Lipinski definition) is 3. The van der Waals surface area contributed by atoms with E-state index in [2.05, 4.69) is 4.98 Å². The average molecular weight is 342 g/mol. The molecule has 1 saturated heterocycles. The van der Waals surface area contributed by atoms with E-state index in [1.54, 1.807) is 12.3 Å². The highest BCUT2D eigenvalue weighted by Crippen LogP contribution is 2.16. The molecule has 0 radical (unpaired) electrons. The molecule has 132 valence electrons. The molecule has 1 atom stereocenters. The maximum atomic E-state index is 13.3. The fourth-order valence-electron chi connectivity index (χ4n) is 3.08. The minimum absolute atomic E-state index is 0.0467. The fraction of sp³-hybridized carbons (Fsp3) is 0.400. The van der Waals surface area contributed by atoms with Crippen LogP contribution in [0.15, 0.2) is 48.7 Å². The summed E-state index contributed by atoms with van der Waals surface area (Å²) in [6.07, 6.45) is 4.73. The summed E-state index contributed by atoms with van der Waals surface area (Å²) in [6.45, 7) is 1.82. The number of carbonyl (C=O) groups is 1. The predicted molar refractivity (Wildman–Crippen MR) is 93.3 cm³/mol. The Morgan fingerprint density at radius 2 is 2.20 bits per heavy atom. The second-order valence-corrected chi connectivity index (χ2v) is 6.36. The van der Waals surface area contributed by atoms with Gasteiger partial charge in [0.15, 0.2) is 0 Å². The summed E-state index contributed by atoms with van der Waals surface area (Å²) in [5.41, 5.74) is 1.70. The molecule has 2 heterocycles. The van der Waals surface area contributed by atoms with Gasteiger partial charge in [0.25, 0.3) is 0 Å². The van der Waals surface area contributed by atoms with Crippen LogP contribution in [-0.2, 0) is 22.5 Å². The van der Waals surface area contributed by atoms with Gasteiger partial charge in [0, 0.05) is 25.8 Å². The van der Waals surface area contributed by atoms with Crippen LogP contribution in [0.5, 0.6) is 0 Å². The lowest BCUT2D eigenvalue weighted by atomic mass is 10.1. The van der Waals surface area contributed by atoms with Crippen LogP contribution in [-0.4, -0.2) is 35.0 Å².